The number of fused-ring (bicyclic) bond motifs is 1. The summed E-state index contributed by atoms with van der Waals surface area (Å²) in [6.07, 6.45) is 0. The smallest absolute Gasteiger partial charge is 0.256 e. The summed E-state index contributed by atoms with van der Waals surface area (Å²) in [5.41, 5.74) is 3.99. The lowest BCUT2D eigenvalue weighted by atomic mass is 9.97. The molecule has 0 saturated carbocycles. The zero-order chi connectivity index (χ0) is 20.4. The molecule has 29 heavy (non-hydrogen) atoms. The number of para-hydroxylation sites is 1. The molecule has 0 aliphatic rings. The van der Waals surface area contributed by atoms with Crippen LogP contribution in [0.15, 0.2) is 72.8 Å². The molecule has 3 aromatic carbocycles. The van der Waals surface area contributed by atoms with Crippen LogP contribution >= 0.6 is 0 Å². The maximum Gasteiger partial charge on any atom is 0.256 e. The summed E-state index contributed by atoms with van der Waals surface area (Å²) in [5, 5.41) is 3.55. The molecule has 1 heterocycles. The van der Waals surface area contributed by atoms with Crippen LogP contribution in [0.2, 0.25) is 0 Å². The van der Waals surface area contributed by atoms with Gasteiger partial charge >= 0.3 is 0 Å². The summed E-state index contributed by atoms with van der Waals surface area (Å²) >= 11 is 0. The van der Waals surface area contributed by atoms with Gasteiger partial charge in [0.05, 0.1) is 23.9 Å². The van der Waals surface area contributed by atoms with Crippen LogP contribution in [0.4, 0.5) is 10.1 Å². The lowest BCUT2D eigenvalue weighted by Crippen LogP contribution is -2.15. The van der Waals surface area contributed by atoms with Crippen LogP contribution in [0.1, 0.15) is 15.9 Å². The van der Waals surface area contributed by atoms with E-state index in [1.807, 2.05) is 55.5 Å². The van der Waals surface area contributed by atoms with Crippen LogP contribution in [-0.2, 0) is 0 Å². The molecule has 0 saturated heterocycles. The molecule has 4 nitrogen and oxygen atoms in total. The molecule has 0 fully saturated rings. The van der Waals surface area contributed by atoms with Crippen LogP contribution in [-0.4, -0.2) is 18.0 Å². The molecule has 1 amide bonds. The fourth-order valence-electron chi connectivity index (χ4n) is 3.39. The van der Waals surface area contributed by atoms with E-state index < -0.39 is 5.82 Å². The molecule has 4 rings (SSSR count). The second-order valence-electron chi connectivity index (χ2n) is 6.67. The second-order valence-corrected chi connectivity index (χ2v) is 6.67. The predicted octanol–water partition coefficient (Wildman–Crippen LogP) is 5.61. The molecule has 1 aromatic heterocycles. The van der Waals surface area contributed by atoms with Gasteiger partial charge in [0.25, 0.3) is 5.91 Å². The zero-order valence-electron chi connectivity index (χ0n) is 16.1. The first-order chi connectivity index (χ1) is 14.1. The van der Waals surface area contributed by atoms with Crippen LogP contribution in [0.3, 0.4) is 0 Å². The molecule has 0 unspecified atom stereocenters. The van der Waals surface area contributed by atoms with E-state index >= 15 is 0 Å². The third-order valence-electron chi connectivity index (χ3n) is 4.81. The van der Waals surface area contributed by atoms with Crippen LogP contribution < -0.4 is 10.1 Å². The second kappa shape index (κ2) is 7.72. The molecule has 0 bridgehead atoms. The Bertz CT molecular complexity index is 1200. The number of nitrogens with one attached hydrogen (secondary N) is 1. The highest BCUT2D eigenvalue weighted by Crippen LogP contribution is 2.31. The molecule has 0 aliphatic carbocycles. The topological polar surface area (TPSA) is 51.2 Å². The average Bonchev–Trinajstić information content (AvgIpc) is 2.73. The van der Waals surface area contributed by atoms with Crippen molar-refractivity contribution in [1.29, 1.82) is 0 Å². The molecule has 0 spiro atoms. The number of rotatable bonds is 4. The molecule has 4 aromatic rings. The van der Waals surface area contributed by atoms with Crippen LogP contribution in [0, 0.1) is 12.7 Å². The Balaban J connectivity index is 1.85. The lowest BCUT2D eigenvalue weighted by Gasteiger charge is -2.15. The van der Waals surface area contributed by atoms with E-state index in [-0.39, 0.29) is 5.91 Å². The SMILES string of the molecule is COc1ccc(-c2nc3ccccc3c(C(=O)Nc3cccc(F)c3)c2C)cc1. The first-order valence-corrected chi connectivity index (χ1v) is 9.17. The van der Waals surface area contributed by atoms with Crippen molar-refractivity contribution in [2.75, 3.05) is 12.4 Å². The van der Waals surface area contributed by atoms with Gasteiger partial charge in [0.1, 0.15) is 11.6 Å². The number of hydrogen-bond donors (Lipinski definition) is 1. The van der Waals surface area contributed by atoms with Crippen molar-refractivity contribution in [2.24, 2.45) is 0 Å². The Kier molecular flexibility index (Phi) is 4.96. The number of halogens is 1. The highest BCUT2D eigenvalue weighted by atomic mass is 19.1. The number of carbonyl (C=O) groups excluding carboxylic acids is 1. The van der Waals surface area contributed by atoms with Gasteiger partial charge in [0, 0.05) is 16.6 Å². The van der Waals surface area contributed by atoms with Crippen molar-refractivity contribution in [2.45, 2.75) is 6.92 Å². The highest BCUT2D eigenvalue weighted by molar-refractivity contribution is 6.14. The molecule has 1 N–H and O–H groups in total. The first kappa shape index (κ1) is 18.6. The molecule has 5 heteroatoms. The van der Waals surface area contributed by atoms with Gasteiger partial charge in [-0.1, -0.05) is 24.3 Å². The number of anilines is 1. The zero-order valence-corrected chi connectivity index (χ0v) is 16.1. The van der Waals surface area contributed by atoms with Crippen molar-refractivity contribution in [3.63, 3.8) is 0 Å². The van der Waals surface area contributed by atoms with Gasteiger partial charge in [0.2, 0.25) is 0 Å². The normalized spacial score (nSPS) is 10.7. The number of hydrogen-bond acceptors (Lipinski definition) is 3. The van der Waals surface area contributed by atoms with E-state index in [2.05, 4.69) is 5.32 Å². The van der Waals surface area contributed by atoms with Crippen molar-refractivity contribution in [1.82, 2.24) is 4.98 Å². The van der Waals surface area contributed by atoms with Gasteiger partial charge in [0.15, 0.2) is 0 Å². The average molecular weight is 386 g/mol. The molecule has 0 atom stereocenters. The van der Waals surface area contributed by atoms with E-state index in [1.54, 1.807) is 19.2 Å². The van der Waals surface area contributed by atoms with Gasteiger partial charge in [-0.15, -0.1) is 0 Å². The van der Waals surface area contributed by atoms with Crippen LogP contribution in [0.5, 0.6) is 5.75 Å². The Hall–Kier alpha value is -3.73. The van der Waals surface area contributed by atoms with E-state index in [0.29, 0.717) is 16.8 Å². The standard InChI is InChI=1S/C24H19FN2O2/c1-15-22(24(28)26-18-7-5-6-17(25)14-18)20-8-3-4-9-21(20)27-23(15)16-10-12-19(29-2)13-11-16/h3-14H,1-2H3,(H,26,28). The van der Waals surface area contributed by atoms with Gasteiger partial charge in [-0.2, -0.15) is 0 Å². The van der Waals surface area contributed by atoms with Gasteiger partial charge < -0.3 is 10.1 Å². The number of pyridine rings is 1. The van der Waals surface area contributed by atoms with E-state index in [1.165, 1.54) is 12.1 Å². The Morgan fingerprint density at radius 3 is 2.48 bits per heavy atom. The number of benzene rings is 3. The molecule has 0 aliphatic heterocycles. The Morgan fingerprint density at radius 1 is 1.00 bits per heavy atom. The molecule has 0 radical (unpaired) electrons. The number of amides is 1. The van der Waals surface area contributed by atoms with Gasteiger partial charge in [-0.25, -0.2) is 9.37 Å². The van der Waals surface area contributed by atoms with Gasteiger partial charge in [-0.3, -0.25) is 4.79 Å². The minimum absolute atomic E-state index is 0.304. The Morgan fingerprint density at radius 2 is 1.76 bits per heavy atom. The fourth-order valence-corrected chi connectivity index (χ4v) is 3.39. The predicted molar refractivity (Wildman–Crippen MR) is 113 cm³/mol. The lowest BCUT2D eigenvalue weighted by molar-refractivity contribution is 0.102. The third-order valence-corrected chi connectivity index (χ3v) is 4.81. The molecular formula is C24H19FN2O2. The number of aromatic nitrogens is 1. The van der Waals surface area contributed by atoms with Crippen molar-refractivity contribution in [3.8, 4) is 17.0 Å². The van der Waals surface area contributed by atoms with Crippen molar-refractivity contribution >= 4 is 22.5 Å². The summed E-state index contributed by atoms with van der Waals surface area (Å²) in [7, 11) is 1.61. The summed E-state index contributed by atoms with van der Waals surface area (Å²) < 4.78 is 18.8. The number of ether oxygens (including phenoxy) is 1. The summed E-state index contributed by atoms with van der Waals surface area (Å²) in [5.74, 6) is 0.0377. The quantitative estimate of drug-likeness (QED) is 0.496. The van der Waals surface area contributed by atoms with Crippen LogP contribution in [0.25, 0.3) is 22.2 Å². The molecule has 144 valence electrons. The maximum atomic E-state index is 13.5. The Labute approximate surface area is 168 Å². The summed E-state index contributed by atoms with van der Waals surface area (Å²) in [6, 6.07) is 20.9. The minimum atomic E-state index is -0.405. The summed E-state index contributed by atoms with van der Waals surface area (Å²) in [6.45, 7) is 1.87. The fraction of sp³-hybridized carbons (Fsp3) is 0.0833. The van der Waals surface area contributed by atoms with E-state index in [0.717, 1.165) is 28.0 Å². The third kappa shape index (κ3) is 3.67. The van der Waals surface area contributed by atoms with Gasteiger partial charge in [-0.05, 0) is 61.0 Å². The highest BCUT2D eigenvalue weighted by Gasteiger charge is 2.19. The number of methoxy groups -OCH3 is 1. The molecular weight excluding hydrogens is 367 g/mol. The number of carbonyl (C=O) groups is 1. The monoisotopic (exact) mass is 386 g/mol. The van der Waals surface area contributed by atoms with Crippen molar-refractivity contribution in [3.05, 3.63) is 89.7 Å². The largest absolute Gasteiger partial charge is 0.497 e. The minimum Gasteiger partial charge on any atom is -0.497 e. The number of nitrogens with zero attached hydrogens (tertiary/aromatic N) is 1. The first-order valence-electron chi connectivity index (χ1n) is 9.17. The van der Waals surface area contributed by atoms with Crippen molar-refractivity contribution < 1.29 is 13.9 Å². The van der Waals surface area contributed by atoms with E-state index in [9.17, 15) is 9.18 Å². The van der Waals surface area contributed by atoms with E-state index in [4.69, 9.17) is 9.72 Å². The maximum absolute atomic E-state index is 13.5. The summed E-state index contributed by atoms with van der Waals surface area (Å²) in [4.78, 5) is 17.9.